The van der Waals surface area contributed by atoms with Crippen LogP contribution in [0, 0.1) is 0 Å². The van der Waals surface area contributed by atoms with Gasteiger partial charge in [0.25, 0.3) is 0 Å². The van der Waals surface area contributed by atoms with Crippen molar-refractivity contribution >= 4 is 40.4 Å². The average molecular weight is 481 g/mol. The van der Waals surface area contributed by atoms with Gasteiger partial charge in [-0.3, -0.25) is 0 Å². The molecule has 0 unspecified atom stereocenters. The molecule has 0 spiro atoms. The molecule has 0 saturated carbocycles. The summed E-state index contributed by atoms with van der Waals surface area (Å²) in [6.45, 7) is 2.91. The van der Waals surface area contributed by atoms with Crippen LogP contribution in [0.2, 0.25) is 5.02 Å². The second-order valence-electron chi connectivity index (χ2n) is 7.49. The van der Waals surface area contributed by atoms with Gasteiger partial charge < -0.3 is 14.0 Å². The average Bonchev–Trinajstić information content (AvgIpc) is 3.18. The molecule has 0 saturated heterocycles. The van der Waals surface area contributed by atoms with Gasteiger partial charge in [0.1, 0.15) is 5.75 Å². The molecule has 0 N–H and O–H groups in total. The molecule has 7 heteroatoms. The SMILES string of the molecule is CCOC(=O)c1ccc2c(c1)nc(SCc1cccc(Cl)c1)n2CCc1ccc(OC)cc1. The minimum Gasteiger partial charge on any atom is -0.497 e. The monoisotopic (exact) mass is 480 g/mol. The van der Waals surface area contributed by atoms with E-state index < -0.39 is 0 Å². The summed E-state index contributed by atoms with van der Waals surface area (Å²) in [5, 5.41) is 1.62. The lowest BCUT2D eigenvalue weighted by Crippen LogP contribution is -2.05. The van der Waals surface area contributed by atoms with Gasteiger partial charge >= 0.3 is 5.97 Å². The second kappa shape index (κ2) is 10.8. The van der Waals surface area contributed by atoms with Gasteiger partial charge in [-0.05, 0) is 66.9 Å². The highest BCUT2D eigenvalue weighted by Gasteiger charge is 2.15. The molecule has 0 radical (unpaired) electrons. The largest absolute Gasteiger partial charge is 0.497 e. The summed E-state index contributed by atoms with van der Waals surface area (Å²) in [5.41, 5.74) is 4.63. The van der Waals surface area contributed by atoms with E-state index in [1.807, 2.05) is 36.4 Å². The summed E-state index contributed by atoms with van der Waals surface area (Å²) in [7, 11) is 1.67. The van der Waals surface area contributed by atoms with E-state index in [1.54, 1.807) is 37.9 Å². The number of benzene rings is 3. The van der Waals surface area contributed by atoms with E-state index in [0.717, 1.165) is 51.2 Å². The molecule has 0 aliphatic rings. The molecule has 4 aromatic rings. The fraction of sp³-hybridized carbons (Fsp3) is 0.231. The number of aromatic nitrogens is 2. The minimum absolute atomic E-state index is 0.333. The molecule has 0 aliphatic heterocycles. The van der Waals surface area contributed by atoms with Crippen molar-refractivity contribution in [2.75, 3.05) is 13.7 Å². The van der Waals surface area contributed by atoms with Crippen LogP contribution in [0.25, 0.3) is 11.0 Å². The van der Waals surface area contributed by atoms with Gasteiger partial charge in [0.05, 0.1) is 30.3 Å². The zero-order chi connectivity index (χ0) is 23.2. The lowest BCUT2D eigenvalue weighted by atomic mass is 10.1. The number of esters is 1. The molecular formula is C26H25ClN2O3S. The van der Waals surface area contributed by atoms with Crippen LogP contribution >= 0.6 is 23.4 Å². The zero-order valence-electron chi connectivity index (χ0n) is 18.6. The molecule has 0 fully saturated rings. The summed E-state index contributed by atoms with van der Waals surface area (Å²) in [6.07, 6.45) is 0.847. The maximum absolute atomic E-state index is 12.2. The quantitative estimate of drug-likeness (QED) is 0.204. The summed E-state index contributed by atoms with van der Waals surface area (Å²) in [4.78, 5) is 17.1. The first-order valence-electron chi connectivity index (χ1n) is 10.7. The van der Waals surface area contributed by atoms with E-state index in [2.05, 4.69) is 22.8 Å². The van der Waals surface area contributed by atoms with Gasteiger partial charge in [-0.1, -0.05) is 47.6 Å². The number of methoxy groups -OCH3 is 1. The first-order chi connectivity index (χ1) is 16.1. The highest BCUT2D eigenvalue weighted by molar-refractivity contribution is 7.98. The number of aryl methyl sites for hydroxylation is 2. The van der Waals surface area contributed by atoms with Crippen molar-refractivity contribution < 1.29 is 14.3 Å². The Kier molecular flexibility index (Phi) is 7.57. The molecular weight excluding hydrogens is 456 g/mol. The third kappa shape index (κ3) is 5.70. The predicted molar refractivity (Wildman–Crippen MR) is 133 cm³/mol. The molecule has 1 aromatic heterocycles. The van der Waals surface area contributed by atoms with Crippen LogP contribution in [-0.4, -0.2) is 29.2 Å². The van der Waals surface area contributed by atoms with Crippen molar-refractivity contribution in [1.29, 1.82) is 0 Å². The predicted octanol–water partition coefficient (Wildman–Crippen LogP) is 6.41. The number of hydrogen-bond acceptors (Lipinski definition) is 5. The van der Waals surface area contributed by atoms with Crippen molar-refractivity contribution in [2.24, 2.45) is 0 Å². The smallest absolute Gasteiger partial charge is 0.338 e. The lowest BCUT2D eigenvalue weighted by Gasteiger charge is -2.10. The molecule has 4 rings (SSSR count). The van der Waals surface area contributed by atoms with Crippen LogP contribution in [0.15, 0.2) is 71.9 Å². The molecule has 3 aromatic carbocycles. The normalized spacial score (nSPS) is 11.0. The van der Waals surface area contributed by atoms with Crippen LogP contribution in [0.3, 0.4) is 0 Å². The number of ether oxygens (including phenoxy) is 2. The lowest BCUT2D eigenvalue weighted by molar-refractivity contribution is 0.0526. The second-order valence-corrected chi connectivity index (χ2v) is 8.87. The molecule has 0 amide bonds. The number of fused-ring (bicyclic) bond motifs is 1. The Bertz CT molecular complexity index is 1250. The van der Waals surface area contributed by atoms with Crippen molar-refractivity contribution in [3.8, 4) is 5.75 Å². The molecule has 170 valence electrons. The van der Waals surface area contributed by atoms with Crippen LogP contribution in [0.1, 0.15) is 28.4 Å². The first-order valence-corrected chi connectivity index (χ1v) is 12.1. The van der Waals surface area contributed by atoms with Gasteiger partial charge in [0, 0.05) is 17.3 Å². The Morgan fingerprint density at radius 1 is 1.06 bits per heavy atom. The number of hydrogen-bond donors (Lipinski definition) is 0. The van der Waals surface area contributed by atoms with E-state index in [4.69, 9.17) is 26.1 Å². The topological polar surface area (TPSA) is 53.3 Å². The zero-order valence-corrected chi connectivity index (χ0v) is 20.2. The van der Waals surface area contributed by atoms with Crippen LogP contribution in [0.4, 0.5) is 0 Å². The van der Waals surface area contributed by atoms with E-state index in [-0.39, 0.29) is 5.97 Å². The summed E-state index contributed by atoms with van der Waals surface area (Å²) in [6, 6.07) is 21.5. The van der Waals surface area contributed by atoms with E-state index in [0.29, 0.717) is 12.2 Å². The molecule has 0 aliphatic carbocycles. The van der Waals surface area contributed by atoms with Gasteiger partial charge in [-0.25, -0.2) is 9.78 Å². The fourth-order valence-corrected chi connectivity index (χ4v) is 4.78. The number of nitrogens with zero attached hydrogens (tertiary/aromatic N) is 2. The van der Waals surface area contributed by atoms with Crippen molar-refractivity contribution in [3.63, 3.8) is 0 Å². The Labute approximate surface area is 202 Å². The van der Waals surface area contributed by atoms with Gasteiger partial charge in [0.15, 0.2) is 5.16 Å². The Balaban J connectivity index is 1.62. The summed E-state index contributed by atoms with van der Waals surface area (Å²) >= 11 is 7.81. The third-order valence-corrected chi connectivity index (χ3v) is 6.55. The van der Waals surface area contributed by atoms with Crippen LogP contribution in [-0.2, 0) is 23.5 Å². The van der Waals surface area contributed by atoms with E-state index in [9.17, 15) is 4.79 Å². The Morgan fingerprint density at radius 2 is 1.88 bits per heavy atom. The number of imidazole rings is 1. The van der Waals surface area contributed by atoms with Crippen molar-refractivity contribution in [3.05, 3.63) is 88.4 Å². The number of halogens is 1. The number of carbonyl (C=O) groups excluding carboxylic acids is 1. The van der Waals surface area contributed by atoms with E-state index >= 15 is 0 Å². The van der Waals surface area contributed by atoms with E-state index in [1.165, 1.54) is 5.56 Å². The van der Waals surface area contributed by atoms with Crippen molar-refractivity contribution in [1.82, 2.24) is 9.55 Å². The fourth-order valence-electron chi connectivity index (χ4n) is 3.58. The van der Waals surface area contributed by atoms with Gasteiger partial charge in [-0.15, -0.1) is 0 Å². The molecule has 1 heterocycles. The standard InChI is InChI=1S/C26H25ClN2O3S/c1-3-32-25(30)20-9-12-24-23(16-20)28-26(33-17-19-5-4-6-21(27)15-19)29(24)14-13-18-7-10-22(31-2)11-8-18/h4-12,15-16H,3,13-14,17H2,1-2H3. The van der Waals surface area contributed by atoms with Crippen LogP contribution < -0.4 is 4.74 Å². The molecule has 0 bridgehead atoms. The Hall–Kier alpha value is -2.96. The summed E-state index contributed by atoms with van der Waals surface area (Å²) in [5.74, 6) is 1.26. The first kappa shape index (κ1) is 23.2. The maximum atomic E-state index is 12.2. The highest BCUT2D eigenvalue weighted by Crippen LogP contribution is 2.29. The van der Waals surface area contributed by atoms with Crippen molar-refractivity contribution in [2.45, 2.75) is 30.8 Å². The molecule has 5 nitrogen and oxygen atoms in total. The number of carbonyl (C=O) groups is 1. The highest BCUT2D eigenvalue weighted by atomic mass is 35.5. The number of rotatable bonds is 9. The maximum Gasteiger partial charge on any atom is 0.338 e. The molecule has 33 heavy (non-hydrogen) atoms. The molecule has 0 atom stereocenters. The number of thioether (sulfide) groups is 1. The van der Waals surface area contributed by atoms with Gasteiger partial charge in [0.2, 0.25) is 0 Å². The van der Waals surface area contributed by atoms with Gasteiger partial charge in [-0.2, -0.15) is 0 Å². The minimum atomic E-state index is -0.333. The Morgan fingerprint density at radius 3 is 2.61 bits per heavy atom. The van der Waals surface area contributed by atoms with Crippen LogP contribution in [0.5, 0.6) is 5.75 Å². The summed E-state index contributed by atoms with van der Waals surface area (Å²) < 4.78 is 12.6. The third-order valence-electron chi connectivity index (χ3n) is 5.26.